The predicted molar refractivity (Wildman–Crippen MR) is 88.1 cm³/mol. The van der Waals surface area contributed by atoms with E-state index in [0.29, 0.717) is 40.1 Å². The highest BCUT2D eigenvalue weighted by molar-refractivity contribution is 6.35. The third kappa shape index (κ3) is 6.15. The molecule has 1 N–H and O–H groups in total. The Balaban J connectivity index is 2.44. The quantitative estimate of drug-likeness (QED) is 0.803. The summed E-state index contributed by atoms with van der Waals surface area (Å²) in [5.74, 6) is 1.81. The highest BCUT2D eigenvalue weighted by Gasteiger charge is 2.18. The molecule has 1 amide bonds. The molecule has 0 heterocycles. The molecule has 0 saturated heterocycles. The Morgan fingerprint density at radius 1 is 1.19 bits per heavy atom. The summed E-state index contributed by atoms with van der Waals surface area (Å²) in [5.41, 5.74) is 0. The van der Waals surface area contributed by atoms with Crippen molar-refractivity contribution in [3.05, 3.63) is 28.2 Å². The second-order valence-electron chi connectivity index (χ2n) is 5.82. The molecule has 1 aromatic carbocycles. The zero-order valence-corrected chi connectivity index (χ0v) is 14.5. The fourth-order valence-electron chi connectivity index (χ4n) is 2.26. The molecule has 0 atom stereocenters. The maximum Gasteiger partial charge on any atom is 0.257 e. The summed E-state index contributed by atoms with van der Waals surface area (Å²) in [4.78, 5) is 11.8. The van der Waals surface area contributed by atoms with Crippen LogP contribution in [0, 0.1) is 17.8 Å². The monoisotopic (exact) mass is 331 g/mol. The van der Waals surface area contributed by atoms with Gasteiger partial charge in [-0.1, -0.05) is 50.9 Å². The van der Waals surface area contributed by atoms with E-state index in [2.05, 4.69) is 33.0 Å². The van der Waals surface area contributed by atoms with Crippen LogP contribution in [0.3, 0.4) is 0 Å². The molecule has 0 aliphatic rings. The van der Waals surface area contributed by atoms with Gasteiger partial charge in [0.2, 0.25) is 0 Å². The number of hydrogen-bond donors (Lipinski definition) is 1. The summed E-state index contributed by atoms with van der Waals surface area (Å²) in [6.45, 7) is 9.28. The van der Waals surface area contributed by atoms with E-state index in [4.69, 9.17) is 27.9 Å². The fraction of sp³-hybridized carbons (Fsp3) is 0.562. The van der Waals surface area contributed by atoms with E-state index in [0.717, 1.165) is 0 Å². The molecule has 0 saturated carbocycles. The summed E-state index contributed by atoms with van der Waals surface area (Å²) >= 11 is 11.8. The fourth-order valence-corrected chi connectivity index (χ4v) is 2.72. The number of carbonyl (C=O) groups is 1. The normalized spacial score (nSPS) is 11.3. The first kappa shape index (κ1) is 18.1. The molecular formula is C16H23Cl2NO2. The smallest absolute Gasteiger partial charge is 0.257 e. The SMILES string of the molecule is CC(C)C(CNC(=O)COc1ccc(Cl)cc1Cl)C(C)C. The Bertz CT molecular complexity index is 467. The van der Waals surface area contributed by atoms with E-state index in [1.807, 2.05) is 0 Å². The minimum atomic E-state index is -0.146. The standard InChI is InChI=1S/C16H23Cl2NO2/c1-10(2)13(11(3)4)8-19-16(20)9-21-15-6-5-12(17)7-14(15)18/h5-7,10-11,13H,8-9H2,1-4H3,(H,19,20). The molecular weight excluding hydrogens is 309 g/mol. The van der Waals surface area contributed by atoms with Gasteiger partial charge in [0.15, 0.2) is 6.61 Å². The molecule has 5 heteroatoms. The number of carbonyl (C=O) groups excluding carboxylic acids is 1. The molecule has 0 bridgehead atoms. The van der Waals surface area contributed by atoms with Crippen molar-refractivity contribution < 1.29 is 9.53 Å². The van der Waals surface area contributed by atoms with Crippen LogP contribution in [0.4, 0.5) is 0 Å². The lowest BCUT2D eigenvalue weighted by Gasteiger charge is -2.25. The van der Waals surface area contributed by atoms with Crippen LogP contribution in [0.25, 0.3) is 0 Å². The van der Waals surface area contributed by atoms with Crippen LogP contribution in [0.1, 0.15) is 27.7 Å². The van der Waals surface area contributed by atoms with Crippen molar-refractivity contribution in [3.63, 3.8) is 0 Å². The van der Waals surface area contributed by atoms with E-state index in [1.165, 1.54) is 0 Å². The van der Waals surface area contributed by atoms with E-state index in [-0.39, 0.29) is 12.5 Å². The van der Waals surface area contributed by atoms with E-state index in [9.17, 15) is 4.79 Å². The minimum Gasteiger partial charge on any atom is -0.482 e. The lowest BCUT2D eigenvalue weighted by Crippen LogP contribution is -2.36. The van der Waals surface area contributed by atoms with Gasteiger partial charge >= 0.3 is 0 Å². The van der Waals surface area contributed by atoms with Crippen molar-refractivity contribution in [2.24, 2.45) is 17.8 Å². The van der Waals surface area contributed by atoms with Gasteiger partial charge in [-0.05, 0) is 36.0 Å². The van der Waals surface area contributed by atoms with Gasteiger partial charge in [0, 0.05) is 11.6 Å². The number of hydrogen-bond acceptors (Lipinski definition) is 2. The number of rotatable bonds is 7. The third-order valence-corrected chi connectivity index (χ3v) is 4.03. The first-order valence-corrected chi connectivity index (χ1v) is 7.91. The Morgan fingerprint density at radius 3 is 2.33 bits per heavy atom. The van der Waals surface area contributed by atoms with Crippen molar-refractivity contribution in [2.75, 3.05) is 13.2 Å². The van der Waals surface area contributed by atoms with Crippen LogP contribution in [-0.2, 0) is 4.79 Å². The zero-order chi connectivity index (χ0) is 16.0. The molecule has 0 spiro atoms. The van der Waals surface area contributed by atoms with Crippen LogP contribution in [0.5, 0.6) is 5.75 Å². The summed E-state index contributed by atoms with van der Waals surface area (Å²) in [7, 11) is 0. The maximum absolute atomic E-state index is 11.8. The molecule has 21 heavy (non-hydrogen) atoms. The van der Waals surface area contributed by atoms with Gasteiger partial charge in [-0.2, -0.15) is 0 Å². The van der Waals surface area contributed by atoms with Crippen molar-refractivity contribution in [1.29, 1.82) is 0 Å². The van der Waals surface area contributed by atoms with Crippen molar-refractivity contribution in [2.45, 2.75) is 27.7 Å². The number of nitrogens with one attached hydrogen (secondary N) is 1. The van der Waals surface area contributed by atoms with E-state index in [1.54, 1.807) is 18.2 Å². The molecule has 0 fully saturated rings. The summed E-state index contributed by atoms with van der Waals surface area (Å²) < 4.78 is 5.40. The first-order valence-electron chi connectivity index (χ1n) is 7.15. The molecule has 3 nitrogen and oxygen atoms in total. The van der Waals surface area contributed by atoms with Gasteiger partial charge in [-0.15, -0.1) is 0 Å². The van der Waals surface area contributed by atoms with Crippen LogP contribution < -0.4 is 10.1 Å². The molecule has 1 rings (SSSR count). The molecule has 0 unspecified atom stereocenters. The average Bonchev–Trinajstić information content (AvgIpc) is 2.37. The van der Waals surface area contributed by atoms with Crippen molar-refractivity contribution >= 4 is 29.1 Å². The molecule has 0 radical (unpaired) electrons. The largest absolute Gasteiger partial charge is 0.482 e. The van der Waals surface area contributed by atoms with Crippen molar-refractivity contribution in [1.82, 2.24) is 5.32 Å². The minimum absolute atomic E-state index is 0.0513. The Morgan fingerprint density at radius 2 is 1.81 bits per heavy atom. The Hall–Kier alpha value is -0.930. The predicted octanol–water partition coefficient (Wildman–Crippen LogP) is 4.42. The lowest BCUT2D eigenvalue weighted by molar-refractivity contribution is -0.123. The van der Waals surface area contributed by atoms with Gasteiger partial charge in [-0.3, -0.25) is 4.79 Å². The first-order chi connectivity index (χ1) is 9.81. The van der Waals surface area contributed by atoms with Crippen molar-refractivity contribution in [3.8, 4) is 5.75 Å². The lowest BCUT2D eigenvalue weighted by atomic mass is 9.85. The maximum atomic E-state index is 11.8. The van der Waals surface area contributed by atoms with Crippen LogP contribution in [0.15, 0.2) is 18.2 Å². The molecule has 0 aromatic heterocycles. The van der Waals surface area contributed by atoms with Gasteiger partial charge < -0.3 is 10.1 Å². The van der Waals surface area contributed by atoms with E-state index >= 15 is 0 Å². The number of benzene rings is 1. The van der Waals surface area contributed by atoms with Gasteiger partial charge in [0.05, 0.1) is 5.02 Å². The van der Waals surface area contributed by atoms with Crippen LogP contribution >= 0.6 is 23.2 Å². The number of ether oxygens (including phenoxy) is 1. The molecule has 1 aromatic rings. The van der Waals surface area contributed by atoms with Crippen LogP contribution in [-0.4, -0.2) is 19.1 Å². The summed E-state index contributed by atoms with van der Waals surface area (Å²) in [6, 6.07) is 4.92. The highest BCUT2D eigenvalue weighted by Crippen LogP contribution is 2.27. The second-order valence-corrected chi connectivity index (χ2v) is 6.66. The topological polar surface area (TPSA) is 38.3 Å². The number of amides is 1. The Kier molecular flexibility index (Phi) is 7.33. The van der Waals surface area contributed by atoms with Gasteiger partial charge in [0.25, 0.3) is 5.91 Å². The van der Waals surface area contributed by atoms with Crippen LogP contribution in [0.2, 0.25) is 10.0 Å². The van der Waals surface area contributed by atoms with Gasteiger partial charge in [-0.25, -0.2) is 0 Å². The van der Waals surface area contributed by atoms with Gasteiger partial charge in [0.1, 0.15) is 5.75 Å². The number of halogens is 2. The molecule has 0 aliphatic heterocycles. The Labute approximate surface area is 137 Å². The second kappa shape index (κ2) is 8.50. The summed E-state index contributed by atoms with van der Waals surface area (Å²) in [6.07, 6.45) is 0. The molecule has 0 aliphatic carbocycles. The summed E-state index contributed by atoms with van der Waals surface area (Å²) in [5, 5.41) is 3.85. The van der Waals surface area contributed by atoms with E-state index < -0.39 is 0 Å². The third-order valence-electron chi connectivity index (χ3n) is 3.50. The average molecular weight is 332 g/mol. The highest BCUT2D eigenvalue weighted by atomic mass is 35.5. The zero-order valence-electron chi connectivity index (χ0n) is 13.0. The molecule has 118 valence electrons.